The highest BCUT2D eigenvalue weighted by atomic mass is 79.9. The van der Waals surface area contributed by atoms with Crippen LogP contribution < -0.4 is 0 Å². The van der Waals surface area contributed by atoms with Crippen LogP contribution in [0.4, 0.5) is 0 Å². The highest BCUT2D eigenvalue weighted by Crippen LogP contribution is 2.51. The Morgan fingerprint density at radius 2 is 2.21 bits per heavy atom. The smallest absolute Gasteiger partial charge is 0.110 e. The van der Waals surface area contributed by atoms with Crippen molar-refractivity contribution in [2.75, 3.05) is 0 Å². The first-order valence-corrected chi connectivity index (χ1v) is 5.88. The third-order valence-corrected chi connectivity index (χ3v) is 3.82. The number of aliphatic hydroxyl groups is 1. The van der Waals surface area contributed by atoms with Crippen LogP contribution in [0.25, 0.3) is 0 Å². The van der Waals surface area contributed by atoms with Crippen LogP contribution in [0.15, 0.2) is 16.7 Å². The fraction of sp³-hybridized carbons (Fsp3) is 0.545. The third-order valence-electron chi connectivity index (χ3n) is 3.38. The number of rotatable bonds is 1. The average Bonchev–Trinajstić information content (AvgIpc) is 2.95. The van der Waals surface area contributed by atoms with Gasteiger partial charge in [0.05, 0.1) is 5.69 Å². The van der Waals surface area contributed by atoms with Crippen molar-refractivity contribution in [2.24, 2.45) is 5.92 Å². The molecule has 0 aliphatic heterocycles. The zero-order valence-corrected chi connectivity index (χ0v) is 9.42. The molecule has 1 N–H and O–H groups in total. The minimum Gasteiger partial charge on any atom is -0.383 e. The fourth-order valence-corrected chi connectivity index (χ4v) is 2.75. The normalized spacial score (nSPS) is 30.4. The third kappa shape index (κ3) is 1.15. The van der Waals surface area contributed by atoms with Crippen LogP contribution in [0.3, 0.4) is 0 Å². The van der Waals surface area contributed by atoms with Gasteiger partial charge in [-0.15, -0.1) is 0 Å². The van der Waals surface area contributed by atoms with Crippen molar-refractivity contribution in [3.05, 3.63) is 28.0 Å². The van der Waals surface area contributed by atoms with Crippen LogP contribution in [0.2, 0.25) is 0 Å². The van der Waals surface area contributed by atoms with E-state index < -0.39 is 5.60 Å². The molecule has 2 aliphatic carbocycles. The van der Waals surface area contributed by atoms with Gasteiger partial charge in [-0.2, -0.15) is 0 Å². The molecular formula is C11H12BrNO. The molecule has 0 radical (unpaired) electrons. The van der Waals surface area contributed by atoms with Crippen molar-refractivity contribution in [2.45, 2.75) is 31.3 Å². The van der Waals surface area contributed by atoms with Crippen molar-refractivity contribution in [1.82, 2.24) is 4.98 Å². The lowest BCUT2D eigenvalue weighted by Crippen LogP contribution is -2.26. The summed E-state index contributed by atoms with van der Waals surface area (Å²) in [6, 6.07) is 4.03. The van der Waals surface area contributed by atoms with Gasteiger partial charge in [-0.1, -0.05) is 6.07 Å². The molecule has 1 atom stereocenters. The van der Waals surface area contributed by atoms with E-state index in [-0.39, 0.29) is 0 Å². The lowest BCUT2D eigenvalue weighted by Gasteiger charge is -2.22. The van der Waals surface area contributed by atoms with Crippen LogP contribution in [-0.2, 0) is 12.0 Å². The number of hydrogen-bond acceptors (Lipinski definition) is 2. The zero-order valence-electron chi connectivity index (χ0n) is 7.83. The van der Waals surface area contributed by atoms with Gasteiger partial charge in [-0.25, -0.2) is 4.98 Å². The van der Waals surface area contributed by atoms with Crippen molar-refractivity contribution in [3.8, 4) is 0 Å². The lowest BCUT2D eigenvalue weighted by molar-refractivity contribution is 0.0110. The molecule has 0 bridgehead atoms. The maximum atomic E-state index is 10.5. The van der Waals surface area contributed by atoms with Crippen molar-refractivity contribution >= 4 is 15.9 Å². The van der Waals surface area contributed by atoms with E-state index in [1.807, 2.05) is 6.07 Å². The Kier molecular flexibility index (Phi) is 1.77. The topological polar surface area (TPSA) is 33.1 Å². The summed E-state index contributed by atoms with van der Waals surface area (Å²) in [4.78, 5) is 4.43. The first-order chi connectivity index (χ1) is 6.70. The van der Waals surface area contributed by atoms with Gasteiger partial charge in [0.15, 0.2) is 0 Å². The van der Waals surface area contributed by atoms with E-state index in [0.717, 1.165) is 36.0 Å². The number of aromatic nitrogens is 1. The minimum absolute atomic E-state index is 0.463. The largest absolute Gasteiger partial charge is 0.383 e. The molecule has 1 aromatic heterocycles. The van der Waals surface area contributed by atoms with E-state index >= 15 is 0 Å². The van der Waals surface area contributed by atoms with Crippen LogP contribution >= 0.6 is 15.9 Å². The predicted molar refractivity (Wildman–Crippen MR) is 56.9 cm³/mol. The average molecular weight is 254 g/mol. The molecule has 0 aromatic carbocycles. The second-order valence-corrected chi connectivity index (χ2v) is 5.15. The van der Waals surface area contributed by atoms with E-state index in [9.17, 15) is 5.11 Å². The summed E-state index contributed by atoms with van der Waals surface area (Å²) in [5.41, 5.74) is 1.54. The lowest BCUT2D eigenvalue weighted by atomic mass is 9.95. The number of aryl methyl sites for hydroxylation is 1. The van der Waals surface area contributed by atoms with Gasteiger partial charge in [0.2, 0.25) is 0 Å². The van der Waals surface area contributed by atoms with Crippen LogP contribution in [0.5, 0.6) is 0 Å². The van der Waals surface area contributed by atoms with Gasteiger partial charge < -0.3 is 5.11 Å². The molecule has 2 aliphatic rings. The fourth-order valence-electron chi connectivity index (χ4n) is 2.44. The highest BCUT2D eigenvalue weighted by Gasteiger charge is 2.49. The Hall–Kier alpha value is -0.410. The number of nitrogens with zero attached hydrogens (tertiary/aromatic N) is 1. The molecule has 1 heterocycles. The summed E-state index contributed by atoms with van der Waals surface area (Å²) in [6.45, 7) is 0. The number of pyridine rings is 1. The van der Waals surface area contributed by atoms with Gasteiger partial charge in [-0.3, -0.25) is 0 Å². The predicted octanol–water partition coefficient (Wildman–Crippen LogP) is 2.39. The number of hydrogen-bond donors (Lipinski definition) is 1. The first-order valence-electron chi connectivity index (χ1n) is 5.08. The quantitative estimate of drug-likeness (QED) is 0.780. The molecule has 0 saturated heterocycles. The summed E-state index contributed by atoms with van der Waals surface area (Å²) in [5.74, 6) is 0.463. The molecule has 3 heteroatoms. The molecule has 2 nitrogen and oxygen atoms in total. The summed E-state index contributed by atoms with van der Waals surface area (Å²) >= 11 is 3.36. The molecule has 1 aromatic rings. The monoisotopic (exact) mass is 253 g/mol. The Bertz CT molecular complexity index is 389. The molecule has 1 unspecified atom stereocenters. The summed E-state index contributed by atoms with van der Waals surface area (Å²) in [6.07, 6.45) is 4.15. The highest BCUT2D eigenvalue weighted by molar-refractivity contribution is 9.10. The van der Waals surface area contributed by atoms with Crippen LogP contribution in [0, 0.1) is 5.92 Å². The summed E-state index contributed by atoms with van der Waals surface area (Å²) in [7, 11) is 0. The molecule has 0 spiro atoms. The Balaban J connectivity index is 2.11. The van der Waals surface area contributed by atoms with E-state index in [1.54, 1.807) is 0 Å². The van der Waals surface area contributed by atoms with E-state index in [2.05, 4.69) is 27.0 Å². The first kappa shape index (κ1) is 8.86. The Morgan fingerprint density at radius 3 is 2.93 bits per heavy atom. The number of fused-ring (bicyclic) bond motifs is 1. The summed E-state index contributed by atoms with van der Waals surface area (Å²) in [5, 5.41) is 10.5. The second kappa shape index (κ2) is 2.80. The maximum absolute atomic E-state index is 10.5. The van der Waals surface area contributed by atoms with E-state index in [1.165, 1.54) is 5.56 Å². The molecule has 0 amide bonds. The van der Waals surface area contributed by atoms with Crippen LogP contribution in [0.1, 0.15) is 30.5 Å². The van der Waals surface area contributed by atoms with Crippen LogP contribution in [-0.4, -0.2) is 10.1 Å². The van der Waals surface area contributed by atoms with Crippen molar-refractivity contribution in [3.63, 3.8) is 0 Å². The zero-order chi connectivity index (χ0) is 9.76. The molecule has 3 rings (SSSR count). The SMILES string of the molecule is OC1(C2CC2)CCc2ccc(Br)nc21. The Morgan fingerprint density at radius 1 is 1.43 bits per heavy atom. The maximum Gasteiger partial charge on any atom is 0.110 e. The van der Waals surface area contributed by atoms with Gasteiger partial charge in [0, 0.05) is 0 Å². The van der Waals surface area contributed by atoms with E-state index in [4.69, 9.17) is 0 Å². The summed E-state index contributed by atoms with van der Waals surface area (Å²) < 4.78 is 0.831. The Labute approximate surface area is 91.5 Å². The van der Waals surface area contributed by atoms with Crippen molar-refractivity contribution < 1.29 is 5.11 Å². The number of halogens is 1. The van der Waals surface area contributed by atoms with Gasteiger partial charge in [0.25, 0.3) is 0 Å². The second-order valence-electron chi connectivity index (χ2n) is 4.34. The van der Waals surface area contributed by atoms with Gasteiger partial charge in [-0.05, 0) is 59.2 Å². The minimum atomic E-state index is -0.612. The van der Waals surface area contributed by atoms with Gasteiger partial charge >= 0.3 is 0 Å². The van der Waals surface area contributed by atoms with Crippen molar-refractivity contribution in [1.29, 1.82) is 0 Å². The molecule has 14 heavy (non-hydrogen) atoms. The molecule has 1 saturated carbocycles. The molecule has 74 valence electrons. The standard InChI is InChI=1S/C11H12BrNO/c12-9-4-1-7-5-6-11(14,8-2-3-8)10(7)13-9/h1,4,8,14H,2-3,5-6H2. The van der Waals surface area contributed by atoms with Gasteiger partial charge in [0.1, 0.15) is 10.2 Å². The van der Waals surface area contributed by atoms with E-state index in [0.29, 0.717) is 5.92 Å². The molecular weight excluding hydrogens is 242 g/mol. The molecule has 1 fully saturated rings.